The van der Waals surface area contributed by atoms with Crippen LogP contribution in [0, 0.1) is 12.7 Å². The molecule has 1 atom stereocenters. The molecule has 0 aliphatic carbocycles. The molecule has 1 rings (SSSR count). The van der Waals surface area contributed by atoms with Gasteiger partial charge in [0.1, 0.15) is 5.82 Å². The molecule has 1 aromatic rings. The number of hydrogen-bond donors (Lipinski definition) is 1. The average Bonchev–Trinajstić information content (AvgIpc) is 1.99. The topological polar surface area (TPSA) is 20.2 Å². The van der Waals surface area contributed by atoms with Crippen LogP contribution in [0.25, 0.3) is 0 Å². The predicted octanol–water partition coefficient (Wildman–Crippen LogP) is 2.45. The van der Waals surface area contributed by atoms with Crippen molar-refractivity contribution < 1.29 is 9.50 Å². The predicted molar refractivity (Wildman–Crippen MR) is 51.1 cm³/mol. The van der Waals surface area contributed by atoms with Gasteiger partial charge in [0.05, 0.1) is 6.10 Å². The zero-order valence-electron chi connectivity index (χ0n) is 8.05. The maximum absolute atomic E-state index is 12.9. The smallest absolute Gasteiger partial charge is 0.123 e. The van der Waals surface area contributed by atoms with Crippen LogP contribution in [0.3, 0.4) is 0 Å². The minimum absolute atomic E-state index is 0.194. The van der Waals surface area contributed by atoms with Crippen LogP contribution in [0.4, 0.5) is 4.39 Å². The Morgan fingerprint density at radius 2 is 2.08 bits per heavy atom. The summed E-state index contributed by atoms with van der Waals surface area (Å²) in [6.45, 7) is 3.61. The number of benzene rings is 1. The minimum atomic E-state index is -0.316. The van der Waals surface area contributed by atoms with Gasteiger partial charge in [0.25, 0.3) is 0 Å². The second-order valence-electron chi connectivity index (χ2n) is 3.52. The maximum Gasteiger partial charge on any atom is 0.123 e. The quantitative estimate of drug-likeness (QED) is 0.761. The summed E-state index contributed by atoms with van der Waals surface area (Å²) >= 11 is 0. The Labute approximate surface area is 78.2 Å². The van der Waals surface area contributed by atoms with Gasteiger partial charge in [-0.3, -0.25) is 0 Å². The van der Waals surface area contributed by atoms with Crippen LogP contribution in [0.15, 0.2) is 18.2 Å². The van der Waals surface area contributed by atoms with Crippen molar-refractivity contribution in [1.82, 2.24) is 0 Å². The molecule has 2 heteroatoms. The average molecular weight is 182 g/mol. The summed E-state index contributed by atoms with van der Waals surface area (Å²) in [6, 6.07) is 4.98. The Morgan fingerprint density at radius 3 is 2.62 bits per heavy atom. The second kappa shape index (κ2) is 4.38. The fourth-order valence-corrected chi connectivity index (χ4v) is 1.33. The molecule has 0 radical (unpaired) electrons. The minimum Gasteiger partial charge on any atom is -0.393 e. The second-order valence-corrected chi connectivity index (χ2v) is 3.52. The van der Waals surface area contributed by atoms with Gasteiger partial charge in [-0.2, -0.15) is 0 Å². The lowest BCUT2D eigenvalue weighted by atomic mass is 10.1. The van der Waals surface area contributed by atoms with E-state index >= 15 is 0 Å². The summed E-state index contributed by atoms with van der Waals surface area (Å²) in [5.41, 5.74) is 1.89. The van der Waals surface area contributed by atoms with Crippen molar-refractivity contribution >= 4 is 0 Å². The first-order valence-corrected chi connectivity index (χ1v) is 4.52. The third-order valence-electron chi connectivity index (χ3n) is 1.95. The van der Waals surface area contributed by atoms with E-state index in [-0.39, 0.29) is 11.9 Å². The molecule has 1 aromatic carbocycles. The molecule has 0 spiro atoms. The third kappa shape index (κ3) is 3.55. The van der Waals surface area contributed by atoms with Crippen molar-refractivity contribution in [2.24, 2.45) is 0 Å². The molecular formula is C11H15FO. The highest BCUT2D eigenvalue weighted by atomic mass is 19.1. The molecule has 0 amide bonds. The standard InChI is InChI=1S/C11H15FO/c1-8-5-10(4-3-9(2)13)7-11(12)6-8/h5-7,9,13H,3-4H2,1-2H3. The molecule has 13 heavy (non-hydrogen) atoms. The van der Waals surface area contributed by atoms with E-state index in [1.165, 1.54) is 12.1 Å². The van der Waals surface area contributed by atoms with Crippen molar-refractivity contribution in [3.8, 4) is 0 Å². The molecule has 0 fully saturated rings. The van der Waals surface area contributed by atoms with Crippen LogP contribution in [0.2, 0.25) is 0 Å². The highest BCUT2D eigenvalue weighted by Gasteiger charge is 2.00. The SMILES string of the molecule is Cc1cc(F)cc(CCC(C)O)c1. The van der Waals surface area contributed by atoms with Crippen LogP contribution in [0.5, 0.6) is 0 Å². The fourth-order valence-electron chi connectivity index (χ4n) is 1.33. The summed E-state index contributed by atoms with van der Waals surface area (Å²) in [7, 11) is 0. The molecule has 0 heterocycles. The van der Waals surface area contributed by atoms with E-state index in [9.17, 15) is 4.39 Å². The van der Waals surface area contributed by atoms with Gasteiger partial charge in [-0.15, -0.1) is 0 Å². The van der Waals surface area contributed by atoms with Crippen LogP contribution in [-0.2, 0) is 6.42 Å². The number of rotatable bonds is 3. The van der Waals surface area contributed by atoms with E-state index in [1.807, 2.05) is 13.0 Å². The first-order chi connectivity index (χ1) is 6.08. The third-order valence-corrected chi connectivity index (χ3v) is 1.95. The normalized spacial score (nSPS) is 12.9. The molecule has 1 unspecified atom stereocenters. The van der Waals surface area contributed by atoms with E-state index in [2.05, 4.69) is 0 Å². The van der Waals surface area contributed by atoms with Gasteiger partial charge in [-0.05, 0) is 49.9 Å². The van der Waals surface area contributed by atoms with Gasteiger partial charge in [-0.1, -0.05) is 6.07 Å². The van der Waals surface area contributed by atoms with Crippen LogP contribution < -0.4 is 0 Å². The van der Waals surface area contributed by atoms with E-state index < -0.39 is 0 Å². The molecule has 0 aliphatic rings. The van der Waals surface area contributed by atoms with Gasteiger partial charge in [0.2, 0.25) is 0 Å². The zero-order chi connectivity index (χ0) is 9.84. The lowest BCUT2D eigenvalue weighted by molar-refractivity contribution is 0.185. The number of hydrogen-bond acceptors (Lipinski definition) is 1. The summed E-state index contributed by atoms with van der Waals surface area (Å²) in [5, 5.41) is 9.06. The lowest BCUT2D eigenvalue weighted by Gasteiger charge is -2.05. The van der Waals surface area contributed by atoms with E-state index in [0.29, 0.717) is 6.42 Å². The van der Waals surface area contributed by atoms with Gasteiger partial charge in [-0.25, -0.2) is 4.39 Å². The number of halogens is 1. The molecule has 0 aliphatic heterocycles. The first-order valence-electron chi connectivity index (χ1n) is 4.52. The van der Waals surface area contributed by atoms with Crippen molar-refractivity contribution in [3.05, 3.63) is 35.1 Å². The first kappa shape index (κ1) is 10.2. The Kier molecular flexibility index (Phi) is 3.43. The molecule has 72 valence electrons. The van der Waals surface area contributed by atoms with Crippen molar-refractivity contribution in [3.63, 3.8) is 0 Å². The molecule has 1 N–H and O–H groups in total. The summed E-state index contributed by atoms with van der Waals surface area (Å²) in [5.74, 6) is -0.194. The van der Waals surface area contributed by atoms with Gasteiger partial charge >= 0.3 is 0 Å². The van der Waals surface area contributed by atoms with E-state index in [1.54, 1.807) is 6.92 Å². The van der Waals surface area contributed by atoms with Crippen LogP contribution in [-0.4, -0.2) is 11.2 Å². The zero-order valence-corrected chi connectivity index (χ0v) is 8.05. The highest BCUT2D eigenvalue weighted by molar-refractivity contribution is 5.23. The maximum atomic E-state index is 12.9. The molecule has 0 saturated heterocycles. The van der Waals surface area contributed by atoms with Crippen LogP contribution in [0.1, 0.15) is 24.5 Å². The summed E-state index contributed by atoms with van der Waals surface area (Å²) in [4.78, 5) is 0. The van der Waals surface area contributed by atoms with Crippen LogP contribution >= 0.6 is 0 Å². The molecule has 0 bridgehead atoms. The lowest BCUT2D eigenvalue weighted by Crippen LogP contribution is -2.01. The Bertz CT molecular complexity index is 261. The summed E-state index contributed by atoms with van der Waals surface area (Å²) < 4.78 is 12.9. The van der Waals surface area contributed by atoms with Gasteiger partial charge in [0, 0.05) is 0 Å². The fraction of sp³-hybridized carbons (Fsp3) is 0.455. The molecular weight excluding hydrogens is 167 g/mol. The van der Waals surface area contributed by atoms with Gasteiger partial charge in [0.15, 0.2) is 0 Å². The molecule has 1 nitrogen and oxygen atoms in total. The molecule has 0 saturated carbocycles. The monoisotopic (exact) mass is 182 g/mol. The van der Waals surface area contributed by atoms with Gasteiger partial charge < -0.3 is 5.11 Å². The molecule has 0 aromatic heterocycles. The van der Waals surface area contributed by atoms with E-state index in [0.717, 1.165) is 17.5 Å². The Balaban J connectivity index is 2.66. The largest absolute Gasteiger partial charge is 0.393 e. The highest BCUT2D eigenvalue weighted by Crippen LogP contribution is 2.11. The van der Waals surface area contributed by atoms with Crippen molar-refractivity contribution in [2.75, 3.05) is 0 Å². The number of aryl methyl sites for hydroxylation is 2. The Hall–Kier alpha value is -0.890. The Morgan fingerprint density at radius 1 is 1.38 bits per heavy atom. The number of aliphatic hydroxyl groups excluding tert-OH is 1. The van der Waals surface area contributed by atoms with Crippen molar-refractivity contribution in [1.29, 1.82) is 0 Å². The number of aliphatic hydroxyl groups is 1. The van der Waals surface area contributed by atoms with E-state index in [4.69, 9.17) is 5.11 Å². The van der Waals surface area contributed by atoms with Crippen molar-refractivity contribution in [2.45, 2.75) is 32.8 Å². The summed E-state index contributed by atoms with van der Waals surface area (Å²) in [6.07, 6.45) is 1.10.